The van der Waals surface area contributed by atoms with Crippen LogP contribution in [0.25, 0.3) is 0 Å². The molecule has 33 heavy (non-hydrogen) atoms. The molecule has 0 saturated carbocycles. The van der Waals surface area contributed by atoms with Gasteiger partial charge in [-0.05, 0) is 41.5 Å². The molecule has 3 atom stereocenters. The van der Waals surface area contributed by atoms with E-state index in [0.29, 0.717) is 0 Å². The van der Waals surface area contributed by atoms with Crippen molar-refractivity contribution in [3.05, 3.63) is 0 Å². The predicted molar refractivity (Wildman–Crippen MR) is 117 cm³/mol. The van der Waals surface area contributed by atoms with Crippen molar-refractivity contribution in [1.29, 1.82) is 0 Å². The van der Waals surface area contributed by atoms with Crippen molar-refractivity contribution in [2.24, 2.45) is 22.7 Å². The van der Waals surface area contributed by atoms with E-state index in [0.717, 1.165) is 0 Å². The van der Waals surface area contributed by atoms with Crippen LogP contribution >= 0.6 is 0 Å². The largest absolute Gasteiger partial charge is 0.465 e. The molecule has 0 bridgehead atoms. The minimum atomic E-state index is -1.05. The summed E-state index contributed by atoms with van der Waals surface area (Å²) in [6, 6.07) is 0. The third-order valence-electron chi connectivity index (χ3n) is 4.31. The van der Waals surface area contributed by atoms with Crippen LogP contribution in [-0.4, -0.2) is 62.4 Å². The molecule has 0 aliphatic rings. The lowest BCUT2D eigenvalue weighted by Crippen LogP contribution is -2.44. The van der Waals surface area contributed by atoms with Gasteiger partial charge in [0.05, 0.1) is 22.7 Å². The SMILES string of the molecule is CC(=O)OC[C@H](COC(=O)C(C)(C)C)C(OC(C)=O)[C@@H](COC(C)=O)COC(=O)C(C)(C)C. The third-order valence-corrected chi connectivity index (χ3v) is 4.31. The van der Waals surface area contributed by atoms with Crippen molar-refractivity contribution in [3.63, 3.8) is 0 Å². The smallest absolute Gasteiger partial charge is 0.311 e. The van der Waals surface area contributed by atoms with Crippen molar-refractivity contribution in [2.45, 2.75) is 68.4 Å². The molecule has 0 rings (SSSR count). The first-order valence-electron chi connectivity index (χ1n) is 10.7. The van der Waals surface area contributed by atoms with Crippen molar-refractivity contribution in [2.75, 3.05) is 26.4 Å². The standard InChI is InChI=1S/C23H38O10/c1-14(24)29-10-17(12-31-20(27)22(4,5)6)19(33-16(3)26)18(11-30-15(2)25)13-32-21(28)23(7,8)9/h17-19H,10-13H2,1-9H3/t17-,18+,19?. The Morgan fingerprint density at radius 1 is 0.545 bits per heavy atom. The average Bonchev–Trinajstić information content (AvgIpc) is 2.64. The van der Waals surface area contributed by atoms with Gasteiger partial charge in [-0.25, -0.2) is 0 Å². The maximum Gasteiger partial charge on any atom is 0.311 e. The fourth-order valence-corrected chi connectivity index (χ4v) is 2.49. The van der Waals surface area contributed by atoms with Gasteiger partial charge in [-0.2, -0.15) is 0 Å². The second kappa shape index (κ2) is 13.2. The topological polar surface area (TPSA) is 132 Å². The Morgan fingerprint density at radius 3 is 1.09 bits per heavy atom. The quantitative estimate of drug-likeness (QED) is 0.325. The lowest BCUT2D eigenvalue weighted by Gasteiger charge is -2.33. The summed E-state index contributed by atoms with van der Waals surface area (Å²) in [5.74, 6) is -4.46. The minimum absolute atomic E-state index is 0.242. The summed E-state index contributed by atoms with van der Waals surface area (Å²) in [4.78, 5) is 59.3. The van der Waals surface area contributed by atoms with E-state index in [1.54, 1.807) is 41.5 Å². The summed E-state index contributed by atoms with van der Waals surface area (Å²) in [6.07, 6.45) is -1.05. The summed E-state index contributed by atoms with van der Waals surface area (Å²) >= 11 is 0. The van der Waals surface area contributed by atoms with E-state index >= 15 is 0 Å². The van der Waals surface area contributed by atoms with Gasteiger partial charge in [0.15, 0.2) is 0 Å². The van der Waals surface area contributed by atoms with Crippen molar-refractivity contribution < 1.29 is 47.7 Å². The van der Waals surface area contributed by atoms with Crippen LogP contribution in [0, 0.1) is 22.7 Å². The second-order valence-corrected chi connectivity index (χ2v) is 9.90. The van der Waals surface area contributed by atoms with Gasteiger partial charge in [0.25, 0.3) is 0 Å². The molecular formula is C23H38O10. The van der Waals surface area contributed by atoms with E-state index in [2.05, 4.69) is 0 Å². The molecule has 10 heteroatoms. The molecule has 0 heterocycles. The van der Waals surface area contributed by atoms with E-state index in [1.165, 1.54) is 20.8 Å². The predicted octanol–water partition coefficient (Wildman–Crippen LogP) is 2.46. The minimum Gasteiger partial charge on any atom is -0.465 e. The van der Waals surface area contributed by atoms with Gasteiger partial charge in [-0.1, -0.05) is 0 Å². The number of carbonyl (C=O) groups is 5. The monoisotopic (exact) mass is 474 g/mol. The van der Waals surface area contributed by atoms with E-state index < -0.39 is 58.6 Å². The molecule has 0 spiro atoms. The molecule has 0 N–H and O–H groups in total. The summed E-state index contributed by atoms with van der Waals surface area (Å²) in [7, 11) is 0. The number of ether oxygens (including phenoxy) is 5. The Labute approximate surface area is 195 Å². The van der Waals surface area contributed by atoms with Crippen LogP contribution in [0.15, 0.2) is 0 Å². The molecule has 10 nitrogen and oxygen atoms in total. The van der Waals surface area contributed by atoms with Gasteiger partial charge in [-0.15, -0.1) is 0 Å². The number of carbonyl (C=O) groups excluding carboxylic acids is 5. The summed E-state index contributed by atoms with van der Waals surface area (Å²) in [5.41, 5.74) is -1.58. The molecule has 0 radical (unpaired) electrons. The van der Waals surface area contributed by atoms with Crippen LogP contribution in [0.2, 0.25) is 0 Å². The van der Waals surface area contributed by atoms with Gasteiger partial charge < -0.3 is 23.7 Å². The maximum atomic E-state index is 12.3. The zero-order valence-electron chi connectivity index (χ0n) is 21.1. The maximum absolute atomic E-state index is 12.3. The van der Waals surface area contributed by atoms with Crippen LogP contribution < -0.4 is 0 Å². The highest BCUT2D eigenvalue weighted by molar-refractivity contribution is 5.75. The van der Waals surface area contributed by atoms with E-state index in [-0.39, 0.29) is 26.4 Å². The molecular weight excluding hydrogens is 436 g/mol. The van der Waals surface area contributed by atoms with Crippen molar-refractivity contribution >= 4 is 29.8 Å². The Hall–Kier alpha value is -2.65. The van der Waals surface area contributed by atoms with Crippen LogP contribution in [-0.2, 0) is 47.7 Å². The van der Waals surface area contributed by atoms with E-state index in [1.807, 2.05) is 0 Å². The summed E-state index contributed by atoms with van der Waals surface area (Å²) < 4.78 is 26.4. The second-order valence-electron chi connectivity index (χ2n) is 9.90. The number of hydrogen-bond acceptors (Lipinski definition) is 10. The lowest BCUT2D eigenvalue weighted by atomic mass is 9.91. The number of rotatable bonds is 11. The lowest BCUT2D eigenvalue weighted by molar-refractivity contribution is -0.172. The summed E-state index contributed by atoms with van der Waals surface area (Å²) in [6.45, 7) is 12.7. The van der Waals surface area contributed by atoms with Gasteiger partial charge in [-0.3, -0.25) is 24.0 Å². The molecule has 0 aromatic carbocycles. The van der Waals surface area contributed by atoms with Crippen LogP contribution in [0.4, 0.5) is 0 Å². The molecule has 0 aliphatic carbocycles. The zero-order valence-corrected chi connectivity index (χ0v) is 21.1. The molecule has 0 saturated heterocycles. The van der Waals surface area contributed by atoms with Crippen LogP contribution in [0.1, 0.15) is 62.3 Å². The molecule has 0 aromatic rings. The molecule has 0 amide bonds. The fraction of sp³-hybridized carbons (Fsp3) is 0.783. The number of esters is 5. The highest BCUT2D eigenvalue weighted by Gasteiger charge is 2.37. The first-order chi connectivity index (χ1) is 14.9. The first kappa shape index (κ1) is 30.4. The Bertz CT molecular complexity index is 647. The van der Waals surface area contributed by atoms with Crippen LogP contribution in [0.5, 0.6) is 0 Å². The summed E-state index contributed by atoms with van der Waals surface area (Å²) in [5, 5.41) is 0. The van der Waals surface area contributed by atoms with Gasteiger partial charge >= 0.3 is 29.8 Å². The molecule has 190 valence electrons. The van der Waals surface area contributed by atoms with E-state index in [9.17, 15) is 24.0 Å². The van der Waals surface area contributed by atoms with Gasteiger partial charge in [0, 0.05) is 20.8 Å². The highest BCUT2D eigenvalue weighted by atomic mass is 16.6. The average molecular weight is 475 g/mol. The Kier molecular flexibility index (Phi) is 12.1. The zero-order chi connectivity index (χ0) is 26.0. The Morgan fingerprint density at radius 2 is 0.848 bits per heavy atom. The Balaban J connectivity index is 5.93. The van der Waals surface area contributed by atoms with Gasteiger partial charge in [0.1, 0.15) is 32.5 Å². The normalized spacial score (nSPS) is 14.3. The first-order valence-corrected chi connectivity index (χ1v) is 10.7. The molecule has 0 aromatic heterocycles. The molecule has 0 aliphatic heterocycles. The molecule has 0 fully saturated rings. The third kappa shape index (κ3) is 12.8. The molecule has 1 unspecified atom stereocenters. The van der Waals surface area contributed by atoms with Crippen molar-refractivity contribution in [1.82, 2.24) is 0 Å². The van der Waals surface area contributed by atoms with Crippen molar-refractivity contribution in [3.8, 4) is 0 Å². The highest BCUT2D eigenvalue weighted by Crippen LogP contribution is 2.24. The van der Waals surface area contributed by atoms with Crippen LogP contribution in [0.3, 0.4) is 0 Å². The van der Waals surface area contributed by atoms with E-state index in [4.69, 9.17) is 23.7 Å². The fourth-order valence-electron chi connectivity index (χ4n) is 2.49. The van der Waals surface area contributed by atoms with Gasteiger partial charge in [0.2, 0.25) is 0 Å². The number of hydrogen-bond donors (Lipinski definition) is 0.